The maximum atomic E-state index is 12.0. The molecule has 2 aromatic rings. The minimum atomic E-state index is -1.09. The van der Waals surface area contributed by atoms with E-state index in [1.165, 1.54) is 18.2 Å². The normalized spacial score (nSPS) is 10.2. The van der Waals surface area contributed by atoms with E-state index in [4.69, 9.17) is 26.2 Å². The molecule has 0 saturated heterocycles. The number of nitrogens with one attached hydrogen (secondary N) is 2. The Labute approximate surface area is 162 Å². The number of rotatable bonds is 9. The van der Waals surface area contributed by atoms with Crippen molar-refractivity contribution in [3.63, 3.8) is 0 Å². The zero-order chi connectivity index (χ0) is 19.8. The molecular weight excluding hydrogens is 372 g/mol. The number of carbonyl (C=O) groups is 2. The van der Waals surface area contributed by atoms with Gasteiger partial charge in [0.2, 0.25) is 5.91 Å². The Hall–Kier alpha value is -2.93. The summed E-state index contributed by atoms with van der Waals surface area (Å²) in [6, 6.07) is 9.92. The maximum Gasteiger partial charge on any atom is 0.337 e. The van der Waals surface area contributed by atoms with E-state index < -0.39 is 5.97 Å². The molecule has 0 aliphatic rings. The minimum Gasteiger partial charge on any atom is -0.493 e. The van der Waals surface area contributed by atoms with Crippen molar-refractivity contribution in [3.05, 3.63) is 52.5 Å². The Morgan fingerprint density at radius 1 is 1.07 bits per heavy atom. The Kier molecular flexibility index (Phi) is 7.31. The van der Waals surface area contributed by atoms with Gasteiger partial charge in [0.25, 0.3) is 0 Å². The molecule has 0 spiro atoms. The molecule has 8 heteroatoms. The van der Waals surface area contributed by atoms with E-state index in [1.54, 1.807) is 14.2 Å². The monoisotopic (exact) mass is 392 g/mol. The molecule has 1 amide bonds. The Balaban J connectivity index is 1.85. The first-order valence-electron chi connectivity index (χ1n) is 8.19. The van der Waals surface area contributed by atoms with Gasteiger partial charge in [-0.05, 0) is 42.3 Å². The number of amides is 1. The standard InChI is InChI=1S/C19H21ClN2O5/c1-26-16-6-3-12(9-17(16)27-2)7-8-21-18(23)11-22-15-10-13(20)4-5-14(15)19(24)25/h3-6,9-10,22H,7-8,11H2,1-2H3,(H,21,23)(H,24,25). The van der Waals surface area contributed by atoms with Gasteiger partial charge in [-0.2, -0.15) is 0 Å². The number of aromatic carboxylic acids is 1. The van der Waals surface area contributed by atoms with Gasteiger partial charge in [-0.25, -0.2) is 4.79 Å². The molecule has 0 atom stereocenters. The molecule has 0 heterocycles. The van der Waals surface area contributed by atoms with E-state index in [0.717, 1.165) is 5.56 Å². The highest BCUT2D eigenvalue weighted by molar-refractivity contribution is 6.31. The lowest BCUT2D eigenvalue weighted by Crippen LogP contribution is -2.31. The third kappa shape index (κ3) is 5.79. The molecule has 0 aliphatic heterocycles. The van der Waals surface area contributed by atoms with Crippen LogP contribution in [0.25, 0.3) is 0 Å². The van der Waals surface area contributed by atoms with Crippen LogP contribution in [0.15, 0.2) is 36.4 Å². The van der Waals surface area contributed by atoms with Crippen molar-refractivity contribution in [3.8, 4) is 11.5 Å². The number of anilines is 1. The molecule has 0 aromatic heterocycles. The van der Waals surface area contributed by atoms with Crippen LogP contribution in [0.1, 0.15) is 15.9 Å². The smallest absolute Gasteiger partial charge is 0.337 e. The van der Waals surface area contributed by atoms with E-state index in [0.29, 0.717) is 35.2 Å². The second-order valence-electron chi connectivity index (χ2n) is 5.64. The van der Waals surface area contributed by atoms with E-state index in [9.17, 15) is 9.59 Å². The van der Waals surface area contributed by atoms with Gasteiger partial charge in [-0.3, -0.25) is 4.79 Å². The van der Waals surface area contributed by atoms with Crippen LogP contribution in [0.5, 0.6) is 11.5 Å². The third-order valence-corrected chi connectivity index (χ3v) is 4.07. The number of carboxylic acids is 1. The lowest BCUT2D eigenvalue weighted by molar-refractivity contribution is -0.119. The molecule has 0 fully saturated rings. The molecule has 144 valence electrons. The number of ether oxygens (including phenoxy) is 2. The van der Waals surface area contributed by atoms with Crippen molar-refractivity contribution < 1.29 is 24.2 Å². The van der Waals surface area contributed by atoms with Crippen molar-refractivity contribution in [2.24, 2.45) is 0 Å². The maximum absolute atomic E-state index is 12.0. The fourth-order valence-electron chi connectivity index (χ4n) is 2.47. The van der Waals surface area contributed by atoms with Crippen molar-refractivity contribution in [1.29, 1.82) is 0 Å². The van der Waals surface area contributed by atoms with Gasteiger partial charge in [-0.15, -0.1) is 0 Å². The van der Waals surface area contributed by atoms with Crippen molar-refractivity contribution >= 4 is 29.2 Å². The van der Waals surface area contributed by atoms with Gasteiger partial charge in [0.15, 0.2) is 11.5 Å². The molecule has 0 radical (unpaired) electrons. The molecule has 0 aliphatic carbocycles. The summed E-state index contributed by atoms with van der Waals surface area (Å²) in [5.74, 6) is -0.0785. The molecule has 0 bridgehead atoms. The van der Waals surface area contributed by atoms with Gasteiger partial charge < -0.3 is 25.2 Å². The summed E-state index contributed by atoms with van der Waals surface area (Å²) in [5, 5.41) is 15.1. The first kappa shape index (κ1) is 20.4. The van der Waals surface area contributed by atoms with E-state index in [1.807, 2.05) is 18.2 Å². The number of hydrogen-bond donors (Lipinski definition) is 3. The van der Waals surface area contributed by atoms with Crippen molar-refractivity contribution in [2.45, 2.75) is 6.42 Å². The first-order chi connectivity index (χ1) is 12.9. The second-order valence-corrected chi connectivity index (χ2v) is 6.07. The lowest BCUT2D eigenvalue weighted by Gasteiger charge is -2.11. The number of carbonyl (C=O) groups excluding carboxylic acids is 1. The molecule has 2 aromatic carbocycles. The first-order valence-corrected chi connectivity index (χ1v) is 8.56. The van der Waals surface area contributed by atoms with Crippen LogP contribution in [0.4, 0.5) is 5.69 Å². The summed E-state index contributed by atoms with van der Waals surface area (Å²) in [7, 11) is 3.14. The highest BCUT2D eigenvalue weighted by atomic mass is 35.5. The van der Waals surface area contributed by atoms with Gasteiger partial charge in [0.05, 0.1) is 32.0 Å². The Morgan fingerprint density at radius 3 is 2.48 bits per heavy atom. The molecule has 3 N–H and O–H groups in total. The van der Waals surface area contributed by atoms with Crippen LogP contribution in [0.3, 0.4) is 0 Å². The minimum absolute atomic E-state index is 0.0533. The average Bonchev–Trinajstić information content (AvgIpc) is 2.66. The van der Waals surface area contributed by atoms with E-state index in [2.05, 4.69) is 10.6 Å². The Bertz CT molecular complexity index is 826. The number of methoxy groups -OCH3 is 2. The van der Waals surface area contributed by atoms with Crippen LogP contribution in [0.2, 0.25) is 5.02 Å². The van der Waals surface area contributed by atoms with Gasteiger partial charge in [0, 0.05) is 11.6 Å². The predicted molar refractivity (Wildman–Crippen MR) is 103 cm³/mol. The molecule has 7 nitrogen and oxygen atoms in total. The quantitative estimate of drug-likeness (QED) is 0.607. The topological polar surface area (TPSA) is 96.9 Å². The summed E-state index contributed by atoms with van der Waals surface area (Å²) in [4.78, 5) is 23.2. The fraction of sp³-hybridized carbons (Fsp3) is 0.263. The number of carboxylic acid groups (broad SMARTS) is 1. The molecule has 0 saturated carbocycles. The van der Waals surface area contributed by atoms with Gasteiger partial charge >= 0.3 is 5.97 Å². The van der Waals surface area contributed by atoms with Gasteiger partial charge in [-0.1, -0.05) is 17.7 Å². The highest BCUT2D eigenvalue weighted by Gasteiger charge is 2.11. The van der Waals surface area contributed by atoms with Crippen molar-refractivity contribution in [1.82, 2.24) is 5.32 Å². The summed E-state index contributed by atoms with van der Waals surface area (Å²) < 4.78 is 10.4. The zero-order valence-electron chi connectivity index (χ0n) is 15.0. The van der Waals surface area contributed by atoms with E-state index >= 15 is 0 Å². The highest BCUT2D eigenvalue weighted by Crippen LogP contribution is 2.27. The molecule has 0 unspecified atom stereocenters. The van der Waals surface area contributed by atoms with Crippen LogP contribution in [-0.4, -0.2) is 44.3 Å². The number of halogens is 1. The van der Waals surface area contributed by atoms with Crippen LogP contribution >= 0.6 is 11.6 Å². The molecular formula is C19H21ClN2O5. The number of hydrogen-bond acceptors (Lipinski definition) is 5. The molecule has 27 heavy (non-hydrogen) atoms. The summed E-state index contributed by atoms with van der Waals surface area (Å²) in [6.07, 6.45) is 0.615. The average molecular weight is 393 g/mol. The summed E-state index contributed by atoms with van der Waals surface area (Å²) in [5.41, 5.74) is 1.34. The second kappa shape index (κ2) is 9.68. The largest absolute Gasteiger partial charge is 0.493 e. The third-order valence-electron chi connectivity index (χ3n) is 3.84. The van der Waals surface area contributed by atoms with E-state index in [-0.39, 0.29) is 18.0 Å². The SMILES string of the molecule is COc1ccc(CCNC(=O)CNc2cc(Cl)ccc2C(=O)O)cc1OC. The Morgan fingerprint density at radius 2 is 1.81 bits per heavy atom. The molecule has 2 rings (SSSR count). The van der Waals surface area contributed by atoms with Crippen molar-refractivity contribution in [2.75, 3.05) is 32.6 Å². The zero-order valence-corrected chi connectivity index (χ0v) is 15.8. The summed E-state index contributed by atoms with van der Waals surface area (Å²) >= 11 is 5.88. The van der Waals surface area contributed by atoms with Crippen LogP contribution in [0, 0.1) is 0 Å². The van der Waals surface area contributed by atoms with Crippen LogP contribution in [-0.2, 0) is 11.2 Å². The fourth-order valence-corrected chi connectivity index (χ4v) is 2.64. The van der Waals surface area contributed by atoms with Crippen LogP contribution < -0.4 is 20.1 Å². The lowest BCUT2D eigenvalue weighted by atomic mass is 10.1. The van der Waals surface area contributed by atoms with Gasteiger partial charge in [0.1, 0.15) is 0 Å². The predicted octanol–water partition coefficient (Wildman–Crippen LogP) is 2.83. The number of benzene rings is 2. The summed E-state index contributed by atoms with van der Waals surface area (Å²) in [6.45, 7) is 0.365.